The molecule has 1 aliphatic heterocycles. The van der Waals surface area contributed by atoms with Crippen molar-refractivity contribution in [2.45, 2.75) is 12.8 Å². The molecule has 0 bridgehead atoms. The van der Waals surface area contributed by atoms with E-state index in [2.05, 4.69) is 0 Å². The van der Waals surface area contributed by atoms with Crippen molar-refractivity contribution in [1.29, 1.82) is 0 Å². The smallest absolute Gasteiger partial charge is 0.280 e. The van der Waals surface area contributed by atoms with E-state index in [1.807, 2.05) is 17.5 Å². The number of carbonyl (C=O) groups excluding carboxylic acids is 1. The van der Waals surface area contributed by atoms with Gasteiger partial charge in [-0.05, 0) is 17.5 Å². The summed E-state index contributed by atoms with van der Waals surface area (Å²) in [6, 6.07) is 10.8. The molecule has 1 aliphatic rings. The van der Waals surface area contributed by atoms with Gasteiger partial charge < -0.3 is 5.11 Å². The first kappa shape index (κ1) is 11.4. The summed E-state index contributed by atoms with van der Waals surface area (Å²) in [6.45, 7) is 0.286. The molecule has 2 heterocycles. The summed E-state index contributed by atoms with van der Waals surface area (Å²) in [5, 5.41) is 13.0. The maximum absolute atomic E-state index is 12.0. The molecule has 0 aliphatic carbocycles. The standard InChI is InChI=1S/C13H11NO3S/c15-12-10-5-1-2-6-11(10)13(16)14(12)17-8-9-4-3-7-18-9/h1-7,12,15H,8H2. The number of fused-ring (bicyclic) bond motifs is 1. The molecule has 1 aromatic heterocycles. The number of nitrogens with zero attached hydrogens (tertiary/aromatic N) is 1. The predicted molar refractivity (Wildman–Crippen MR) is 66.7 cm³/mol. The van der Waals surface area contributed by atoms with Crippen LogP contribution in [0, 0.1) is 0 Å². The second-order valence-electron chi connectivity index (χ2n) is 3.94. The van der Waals surface area contributed by atoms with Crippen molar-refractivity contribution in [2.24, 2.45) is 0 Å². The lowest BCUT2D eigenvalue weighted by molar-refractivity contribution is -0.205. The van der Waals surface area contributed by atoms with Crippen LogP contribution < -0.4 is 0 Å². The van der Waals surface area contributed by atoms with E-state index in [1.165, 1.54) is 0 Å². The lowest BCUT2D eigenvalue weighted by Gasteiger charge is -2.19. The van der Waals surface area contributed by atoms with Crippen LogP contribution in [0.15, 0.2) is 41.8 Å². The molecule has 1 atom stereocenters. The summed E-state index contributed by atoms with van der Waals surface area (Å²) in [7, 11) is 0. The molecule has 1 aromatic carbocycles. The molecule has 0 saturated heterocycles. The van der Waals surface area contributed by atoms with Crippen molar-refractivity contribution in [2.75, 3.05) is 0 Å². The van der Waals surface area contributed by atoms with Gasteiger partial charge in [-0.3, -0.25) is 9.63 Å². The van der Waals surface area contributed by atoms with Crippen molar-refractivity contribution in [3.05, 3.63) is 57.8 Å². The van der Waals surface area contributed by atoms with Gasteiger partial charge >= 0.3 is 0 Å². The SMILES string of the molecule is O=C1c2ccccc2C(O)N1OCc1cccs1. The molecule has 1 unspecified atom stereocenters. The zero-order chi connectivity index (χ0) is 12.5. The van der Waals surface area contributed by atoms with E-state index in [1.54, 1.807) is 35.6 Å². The van der Waals surface area contributed by atoms with E-state index in [0.717, 1.165) is 9.94 Å². The van der Waals surface area contributed by atoms with Crippen LogP contribution >= 0.6 is 11.3 Å². The Balaban J connectivity index is 1.77. The summed E-state index contributed by atoms with van der Waals surface area (Å²) in [5.41, 5.74) is 1.09. The molecular weight excluding hydrogens is 250 g/mol. The van der Waals surface area contributed by atoms with E-state index < -0.39 is 6.23 Å². The van der Waals surface area contributed by atoms with Crippen LogP contribution in [0.4, 0.5) is 0 Å². The second kappa shape index (κ2) is 4.53. The predicted octanol–water partition coefficient (Wildman–Crippen LogP) is 2.33. The maximum Gasteiger partial charge on any atom is 0.280 e. The van der Waals surface area contributed by atoms with Gasteiger partial charge in [-0.2, -0.15) is 5.06 Å². The zero-order valence-corrected chi connectivity index (χ0v) is 10.3. The molecule has 1 N–H and O–H groups in total. The molecule has 4 nitrogen and oxygen atoms in total. The number of hydroxylamine groups is 2. The summed E-state index contributed by atoms with van der Waals surface area (Å²) in [6.07, 6.45) is -1.02. The third kappa shape index (κ3) is 1.82. The quantitative estimate of drug-likeness (QED) is 0.922. The number of carbonyl (C=O) groups is 1. The van der Waals surface area contributed by atoms with Gasteiger partial charge in [-0.1, -0.05) is 24.3 Å². The Hall–Kier alpha value is -1.69. The monoisotopic (exact) mass is 261 g/mol. The highest BCUT2D eigenvalue weighted by Crippen LogP contribution is 2.32. The van der Waals surface area contributed by atoms with Gasteiger partial charge in [0.25, 0.3) is 5.91 Å². The number of hydrogen-bond acceptors (Lipinski definition) is 4. The number of thiophene rings is 1. The molecular formula is C13H11NO3S. The lowest BCUT2D eigenvalue weighted by Crippen LogP contribution is -2.27. The minimum absolute atomic E-state index is 0.286. The van der Waals surface area contributed by atoms with E-state index in [4.69, 9.17) is 4.84 Å². The van der Waals surface area contributed by atoms with E-state index in [-0.39, 0.29) is 12.5 Å². The van der Waals surface area contributed by atoms with Gasteiger partial charge in [0, 0.05) is 16.0 Å². The molecule has 92 valence electrons. The fourth-order valence-corrected chi connectivity index (χ4v) is 2.54. The van der Waals surface area contributed by atoms with Crippen molar-refractivity contribution in [3.8, 4) is 0 Å². The van der Waals surface area contributed by atoms with Crippen molar-refractivity contribution in [3.63, 3.8) is 0 Å². The molecule has 0 fully saturated rings. The normalized spacial score (nSPS) is 18.2. The molecule has 1 amide bonds. The first-order chi connectivity index (χ1) is 8.77. The highest BCUT2D eigenvalue weighted by atomic mass is 32.1. The summed E-state index contributed by atoms with van der Waals surface area (Å²) >= 11 is 1.55. The topological polar surface area (TPSA) is 49.8 Å². The Morgan fingerprint density at radius 3 is 2.83 bits per heavy atom. The fraction of sp³-hybridized carbons (Fsp3) is 0.154. The van der Waals surface area contributed by atoms with E-state index >= 15 is 0 Å². The van der Waals surface area contributed by atoms with Crippen LogP contribution in [0.3, 0.4) is 0 Å². The van der Waals surface area contributed by atoms with Crippen LogP contribution in [0.5, 0.6) is 0 Å². The van der Waals surface area contributed by atoms with Gasteiger partial charge in [-0.25, -0.2) is 0 Å². The van der Waals surface area contributed by atoms with Gasteiger partial charge in [0.05, 0.1) is 0 Å². The number of aliphatic hydroxyl groups excluding tert-OH is 1. The lowest BCUT2D eigenvalue weighted by atomic mass is 10.1. The largest absolute Gasteiger partial charge is 0.367 e. The first-order valence-electron chi connectivity index (χ1n) is 5.53. The Morgan fingerprint density at radius 2 is 2.11 bits per heavy atom. The van der Waals surface area contributed by atoms with Crippen LogP contribution in [0.2, 0.25) is 0 Å². The molecule has 0 spiro atoms. The average Bonchev–Trinajstić information content (AvgIpc) is 2.98. The highest BCUT2D eigenvalue weighted by molar-refractivity contribution is 7.09. The number of aliphatic hydroxyl groups is 1. The summed E-state index contributed by atoms with van der Waals surface area (Å²) < 4.78 is 0. The number of amides is 1. The van der Waals surface area contributed by atoms with E-state index in [0.29, 0.717) is 11.1 Å². The van der Waals surface area contributed by atoms with Gasteiger partial charge in [0.15, 0.2) is 6.23 Å². The van der Waals surface area contributed by atoms with Crippen LogP contribution in [-0.2, 0) is 11.4 Å². The van der Waals surface area contributed by atoms with Crippen LogP contribution in [0.1, 0.15) is 27.0 Å². The molecule has 18 heavy (non-hydrogen) atoms. The molecule has 5 heteroatoms. The van der Waals surface area contributed by atoms with Crippen LogP contribution in [-0.4, -0.2) is 16.1 Å². The minimum Gasteiger partial charge on any atom is -0.367 e. The average molecular weight is 261 g/mol. The van der Waals surface area contributed by atoms with Gasteiger partial charge in [0.2, 0.25) is 0 Å². The highest BCUT2D eigenvalue weighted by Gasteiger charge is 2.36. The van der Waals surface area contributed by atoms with Gasteiger partial charge in [0.1, 0.15) is 6.61 Å². The Morgan fingerprint density at radius 1 is 1.28 bits per heavy atom. The van der Waals surface area contributed by atoms with E-state index in [9.17, 15) is 9.90 Å². The zero-order valence-electron chi connectivity index (χ0n) is 9.45. The Labute approximate surface area is 108 Å². The third-order valence-electron chi connectivity index (χ3n) is 2.82. The van der Waals surface area contributed by atoms with Crippen molar-refractivity contribution >= 4 is 17.2 Å². The summed E-state index contributed by atoms with van der Waals surface area (Å²) in [5.74, 6) is -0.297. The molecule has 0 saturated carbocycles. The maximum atomic E-state index is 12.0. The third-order valence-corrected chi connectivity index (χ3v) is 3.67. The summed E-state index contributed by atoms with van der Waals surface area (Å²) in [4.78, 5) is 18.4. The molecule has 2 aromatic rings. The number of rotatable bonds is 3. The first-order valence-corrected chi connectivity index (χ1v) is 6.41. The van der Waals surface area contributed by atoms with Gasteiger partial charge in [-0.15, -0.1) is 11.3 Å². The number of hydrogen-bond donors (Lipinski definition) is 1. The number of benzene rings is 1. The second-order valence-corrected chi connectivity index (χ2v) is 4.98. The van der Waals surface area contributed by atoms with Crippen molar-refractivity contribution in [1.82, 2.24) is 5.06 Å². The Bertz CT molecular complexity index is 567. The molecule has 0 radical (unpaired) electrons. The van der Waals surface area contributed by atoms with Crippen molar-refractivity contribution < 1.29 is 14.7 Å². The fourth-order valence-electron chi connectivity index (χ4n) is 1.93. The van der Waals surface area contributed by atoms with Crippen LogP contribution in [0.25, 0.3) is 0 Å². The molecule has 3 rings (SSSR count). The minimum atomic E-state index is -1.02. The Kier molecular flexibility index (Phi) is 2.87.